The smallest absolute Gasteiger partial charge is 0.331 e. The van der Waals surface area contributed by atoms with Crippen LogP contribution in [0.25, 0.3) is 5.65 Å². The van der Waals surface area contributed by atoms with Gasteiger partial charge in [-0.1, -0.05) is 6.07 Å². The van der Waals surface area contributed by atoms with Crippen LogP contribution in [0, 0.1) is 0 Å². The highest BCUT2D eigenvalue weighted by Gasteiger charge is 2.35. The molecule has 2 N–H and O–H groups in total. The summed E-state index contributed by atoms with van der Waals surface area (Å²) in [5.74, 6) is -1.73. The minimum absolute atomic E-state index is 0.137. The molecule has 7 heteroatoms. The Morgan fingerprint density at radius 3 is 2.85 bits per heavy atom. The van der Waals surface area contributed by atoms with Crippen molar-refractivity contribution in [2.45, 2.75) is 12.5 Å². The Kier molecular flexibility index (Phi) is 3.71. The molecule has 0 aromatic carbocycles. The van der Waals surface area contributed by atoms with Crippen LogP contribution in [-0.4, -0.2) is 45.6 Å². The monoisotopic (exact) mass is 277 g/mol. The molecule has 2 aromatic rings. The van der Waals surface area contributed by atoms with Crippen molar-refractivity contribution in [3.05, 3.63) is 36.3 Å². The number of nitrogens with one attached hydrogen (secondary N) is 1. The van der Waals surface area contributed by atoms with Crippen molar-refractivity contribution in [1.29, 1.82) is 0 Å². The second-order valence-electron chi connectivity index (χ2n) is 4.62. The molecule has 0 aliphatic heterocycles. The Hall–Kier alpha value is -2.41. The van der Waals surface area contributed by atoms with Crippen LogP contribution in [0.2, 0.25) is 0 Å². The summed E-state index contributed by atoms with van der Waals surface area (Å²) >= 11 is 0. The van der Waals surface area contributed by atoms with Gasteiger partial charge < -0.3 is 19.6 Å². The SMILES string of the molecule is COCC(C)(NC(=O)c1cn2ccccc2n1)C(=O)O. The maximum absolute atomic E-state index is 12.1. The van der Waals surface area contributed by atoms with E-state index in [0.717, 1.165) is 0 Å². The standard InChI is InChI=1S/C13H15N3O4/c1-13(8-20-2,12(18)19)15-11(17)9-7-16-6-4-3-5-10(16)14-9/h3-7H,8H2,1-2H3,(H,15,17)(H,18,19). The van der Waals surface area contributed by atoms with Crippen molar-refractivity contribution in [2.24, 2.45) is 0 Å². The third-order valence-corrected chi connectivity index (χ3v) is 2.89. The zero-order valence-corrected chi connectivity index (χ0v) is 11.2. The molecular weight excluding hydrogens is 262 g/mol. The highest BCUT2D eigenvalue weighted by atomic mass is 16.5. The molecule has 1 atom stereocenters. The minimum Gasteiger partial charge on any atom is -0.479 e. The van der Waals surface area contributed by atoms with Crippen LogP contribution in [0.4, 0.5) is 0 Å². The largest absolute Gasteiger partial charge is 0.479 e. The zero-order valence-electron chi connectivity index (χ0n) is 11.2. The van der Waals surface area contributed by atoms with Crippen molar-refractivity contribution < 1.29 is 19.4 Å². The van der Waals surface area contributed by atoms with Gasteiger partial charge in [-0.05, 0) is 19.1 Å². The van der Waals surface area contributed by atoms with E-state index in [0.29, 0.717) is 5.65 Å². The van der Waals surface area contributed by atoms with Gasteiger partial charge in [0.15, 0.2) is 5.54 Å². The molecule has 2 heterocycles. The number of carbonyl (C=O) groups is 2. The lowest BCUT2D eigenvalue weighted by molar-refractivity contribution is -0.145. The molecule has 20 heavy (non-hydrogen) atoms. The molecule has 2 rings (SSSR count). The van der Waals surface area contributed by atoms with E-state index in [1.54, 1.807) is 28.9 Å². The average molecular weight is 277 g/mol. The Balaban J connectivity index is 2.24. The van der Waals surface area contributed by atoms with Crippen LogP contribution < -0.4 is 5.32 Å². The number of hydrogen-bond donors (Lipinski definition) is 2. The van der Waals surface area contributed by atoms with Gasteiger partial charge in [-0.15, -0.1) is 0 Å². The first-order chi connectivity index (χ1) is 9.46. The van der Waals surface area contributed by atoms with E-state index >= 15 is 0 Å². The molecule has 0 saturated heterocycles. The lowest BCUT2D eigenvalue weighted by Gasteiger charge is -2.24. The van der Waals surface area contributed by atoms with E-state index in [-0.39, 0.29) is 12.3 Å². The Labute approximate surface area is 115 Å². The number of imidazole rings is 1. The molecule has 0 bridgehead atoms. The van der Waals surface area contributed by atoms with E-state index in [2.05, 4.69) is 10.3 Å². The molecule has 1 amide bonds. The van der Waals surface area contributed by atoms with Crippen LogP contribution in [0.15, 0.2) is 30.6 Å². The topological polar surface area (TPSA) is 92.9 Å². The first kappa shape index (κ1) is 14.0. The Bertz CT molecular complexity index is 619. The number of amides is 1. The van der Waals surface area contributed by atoms with Gasteiger partial charge in [-0.2, -0.15) is 0 Å². The number of rotatable bonds is 5. The highest BCUT2D eigenvalue weighted by Crippen LogP contribution is 2.09. The van der Waals surface area contributed by atoms with Gasteiger partial charge in [-0.25, -0.2) is 9.78 Å². The fraction of sp³-hybridized carbons (Fsp3) is 0.308. The van der Waals surface area contributed by atoms with Gasteiger partial charge in [-0.3, -0.25) is 4.79 Å². The van der Waals surface area contributed by atoms with Crippen molar-refractivity contribution in [3.63, 3.8) is 0 Å². The van der Waals surface area contributed by atoms with Gasteiger partial charge in [0.2, 0.25) is 0 Å². The Morgan fingerprint density at radius 2 is 2.25 bits per heavy atom. The van der Waals surface area contributed by atoms with Crippen LogP contribution >= 0.6 is 0 Å². The number of pyridine rings is 1. The Morgan fingerprint density at radius 1 is 1.50 bits per heavy atom. The van der Waals surface area contributed by atoms with Crippen LogP contribution in [0.3, 0.4) is 0 Å². The van der Waals surface area contributed by atoms with Crippen molar-refractivity contribution in [1.82, 2.24) is 14.7 Å². The average Bonchev–Trinajstić information content (AvgIpc) is 2.82. The summed E-state index contributed by atoms with van der Waals surface area (Å²) in [6.45, 7) is 1.24. The number of methoxy groups -OCH3 is 1. The van der Waals surface area contributed by atoms with Gasteiger partial charge in [0, 0.05) is 19.5 Å². The molecule has 0 aliphatic carbocycles. The summed E-state index contributed by atoms with van der Waals surface area (Å²) in [5, 5.41) is 11.6. The lowest BCUT2D eigenvalue weighted by Crippen LogP contribution is -2.55. The maximum Gasteiger partial charge on any atom is 0.331 e. The number of fused-ring (bicyclic) bond motifs is 1. The number of hydrogen-bond acceptors (Lipinski definition) is 4. The van der Waals surface area contributed by atoms with E-state index in [9.17, 15) is 14.7 Å². The van der Waals surface area contributed by atoms with Gasteiger partial charge in [0.25, 0.3) is 5.91 Å². The van der Waals surface area contributed by atoms with Crippen LogP contribution in [0.1, 0.15) is 17.4 Å². The number of carbonyl (C=O) groups excluding carboxylic acids is 1. The lowest BCUT2D eigenvalue weighted by atomic mass is 10.0. The zero-order chi connectivity index (χ0) is 14.8. The molecule has 2 aromatic heterocycles. The number of carboxylic acids is 1. The number of ether oxygens (including phenoxy) is 1. The molecule has 1 unspecified atom stereocenters. The molecule has 0 aliphatic rings. The quantitative estimate of drug-likeness (QED) is 0.832. The summed E-state index contributed by atoms with van der Waals surface area (Å²) in [6, 6.07) is 5.36. The predicted octanol–water partition coefficient (Wildman–Crippen LogP) is 0.554. The molecule has 7 nitrogen and oxygen atoms in total. The molecular formula is C13H15N3O4. The molecule has 106 valence electrons. The first-order valence-corrected chi connectivity index (χ1v) is 5.95. The van der Waals surface area contributed by atoms with E-state index in [1.165, 1.54) is 14.0 Å². The van der Waals surface area contributed by atoms with E-state index in [4.69, 9.17) is 4.74 Å². The molecule has 0 radical (unpaired) electrons. The van der Waals surface area contributed by atoms with Gasteiger partial charge >= 0.3 is 5.97 Å². The second-order valence-corrected chi connectivity index (χ2v) is 4.62. The van der Waals surface area contributed by atoms with Crippen molar-refractivity contribution in [2.75, 3.05) is 13.7 Å². The predicted molar refractivity (Wildman–Crippen MR) is 70.6 cm³/mol. The van der Waals surface area contributed by atoms with E-state index < -0.39 is 17.4 Å². The summed E-state index contributed by atoms with van der Waals surface area (Å²) < 4.78 is 6.53. The molecule has 0 saturated carbocycles. The summed E-state index contributed by atoms with van der Waals surface area (Å²) in [7, 11) is 1.37. The fourth-order valence-corrected chi connectivity index (χ4v) is 1.80. The summed E-state index contributed by atoms with van der Waals surface area (Å²) in [4.78, 5) is 27.5. The van der Waals surface area contributed by atoms with Crippen molar-refractivity contribution in [3.8, 4) is 0 Å². The molecule has 0 fully saturated rings. The number of aliphatic carboxylic acids is 1. The number of aromatic nitrogens is 2. The second kappa shape index (κ2) is 5.30. The minimum atomic E-state index is -1.50. The first-order valence-electron chi connectivity index (χ1n) is 5.95. The third-order valence-electron chi connectivity index (χ3n) is 2.89. The maximum atomic E-state index is 12.1. The van der Waals surface area contributed by atoms with E-state index in [1.807, 2.05) is 6.07 Å². The van der Waals surface area contributed by atoms with Gasteiger partial charge in [0.05, 0.1) is 6.61 Å². The third kappa shape index (κ3) is 2.62. The fourth-order valence-electron chi connectivity index (χ4n) is 1.80. The number of carboxylic acid groups (broad SMARTS) is 1. The van der Waals surface area contributed by atoms with Crippen molar-refractivity contribution >= 4 is 17.5 Å². The molecule has 0 spiro atoms. The summed E-state index contributed by atoms with van der Waals surface area (Å²) in [6.07, 6.45) is 3.30. The summed E-state index contributed by atoms with van der Waals surface area (Å²) in [5.41, 5.74) is -0.733. The van der Waals surface area contributed by atoms with Crippen LogP contribution in [0.5, 0.6) is 0 Å². The van der Waals surface area contributed by atoms with Gasteiger partial charge in [0.1, 0.15) is 11.3 Å². The number of nitrogens with zero attached hydrogens (tertiary/aromatic N) is 2. The normalized spacial score (nSPS) is 13.9. The highest BCUT2D eigenvalue weighted by molar-refractivity contribution is 5.96. The van der Waals surface area contributed by atoms with Crippen LogP contribution in [-0.2, 0) is 9.53 Å².